The number of hydrogen-bond acceptors (Lipinski definition) is 5. The number of likely N-dealkylation sites (tertiary alicyclic amines) is 1. The normalized spacial score (nSPS) is 26.9. The Kier molecular flexibility index (Phi) is 5.81. The van der Waals surface area contributed by atoms with E-state index in [0.29, 0.717) is 24.9 Å². The molecule has 3 aliphatic rings. The Morgan fingerprint density at radius 3 is 2.70 bits per heavy atom. The summed E-state index contributed by atoms with van der Waals surface area (Å²) in [6, 6.07) is 6.28. The summed E-state index contributed by atoms with van der Waals surface area (Å²) in [6.07, 6.45) is -1.77. The van der Waals surface area contributed by atoms with Gasteiger partial charge in [-0.25, -0.2) is 4.79 Å². The zero-order valence-electron chi connectivity index (χ0n) is 14.9. The highest BCUT2D eigenvalue weighted by Crippen LogP contribution is 2.35. The summed E-state index contributed by atoms with van der Waals surface area (Å²) >= 11 is 0. The van der Waals surface area contributed by atoms with Crippen LogP contribution in [0.25, 0.3) is 0 Å². The molecule has 0 aromatic heterocycles. The van der Waals surface area contributed by atoms with E-state index in [1.165, 1.54) is 18.4 Å². The minimum absolute atomic E-state index is 0.349. The number of ether oxygens (including phenoxy) is 3. The fraction of sp³-hybridized carbons (Fsp3) is 0.611. The lowest BCUT2D eigenvalue weighted by Gasteiger charge is -2.34. The first kappa shape index (κ1) is 19.8. The standard InChI is InChI=1S/C16H21NO3.C2HF3O2/c1-11-6-13-9-17(5-4-14(13)20-11)8-12-2-3-15-16(7-12)19-10-18-15;3-2(4,5)1(6)7/h2-3,7,11,13-14H,4-6,8-10H2,1H3;(H,6,7)/t11-,13-,14+;/m0./s1. The quantitative estimate of drug-likeness (QED) is 0.839. The Balaban J connectivity index is 0.000000260. The van der Waals surface area contributed by atoms with Crippen molar-refractivity contribution in [2.75, 3.05) is 19.9 Å². The van der Waals surface area contributed by atoms with Crippen LogP contribution in [-0.2, 0) is 16.1 Å². The van der Waals surface area contributed by atoms with Gasteiger partial charge in [-0.3, -0.25) is 4.90 Å². The Labute approximate surface area is 154 Å². The van der Waals surface area contributed by atoms with Gasteiger partial charge in [0.15, 0.2) is 11.5 Å². The van der Waals surface area contributed by atoms with Gasteiger partial charge in [-0.05, 0) is 37.5 Å². The number of halogens is 3. The maximum Gasteiger partial charge on any atom is 0.490 e. The molecule has 3 heterocycles. The summed E-state index contributed by atoms with van der Waals surface area (Å²) in [5.74, 6) is -0.291. The van der Waals surface area contributed by atoms with Crippen LogP contribution in [0.1, 0.15) is 25.3 Å². The summed E-state index contributed by atoms with van der Waals surface area (Å²) in [7, 11) is 0. The average Bonchev–Trinajstić information content (AvgIpc) is 3.18. The van der Waals surface area contributed by atoms with Crippen molar-refractivity contribution in [3.63, 3.8) is 0 Å². The minimum atomic E-state index is -5.08. The molecule has 0 spiro atoms. The molecule has 1 aromatic rings. The second-order valence-corrected chi connectivity index (χ2v) is 7.00. The highest BCUT2D eigenvalue weighted by atomic mass is 19.4. The molecule has 2 saturated heterocycles. The molecule has 0 radical (unpaired) electrons. The molecule has 1 N–H and O–H groups in total. The lowest BCUT2D eigenvalue weighted by Crippen LogP contribution is -2.40. The number of nitrogens with zero attached hydrogens (tertiary/aromatic N) is 1. The largest absolute Gasteiger partial charge is 0.490 e. The van der Waals surface area contributed by atoms with Gasteiger partial charge in [-0.2, -0.15) is 13.2 Å². The molecule has 0 unspecified atom stereocenters. The molecule has 0 aliphatic carbocycles. The predicted octanol–water partition coefficient (Wildman–Crippen LogP) is 3.05. The summed E-state index contributed by atoms with van der Waals surface area (Å²) < 4.78 is 48.5. The van der Waals surface area contributed by atoms with E-state index in [1.807, 2.05) is 6.07 Å². The van der Waals surface area contributed by atoms with Crippen molar-refractivity contribution in [1.29, 1.82) is 0 Å². The van der Waals surface area contributed by atoms with Gasteiger partial charge in [0.05, 0.1) is 12.2 Å². The van der Waals surface area contributed by atoms with Crippen molar-refractivity contribution < 1.29 is 37.3 Å². The number of rotatable bonds is 2. The number of hydrogen-bond donors (Lipinski definition) is 1. The van der Waals surface area contributed by atoms with Crippen molar-refractivity contribution in [3.8, 4) is 11.5 Å². The third-order valence-corrected chi connectivity index (χ3v) is 4.88. The van der Waals surface area contributed by atoms with E-state index in [1.54, 1.807) is 0 Å². The highest BCUT2D eigenvalue weighted by molar-refractivity contribution is 5.73. The number of carboxylic acid groups (broad SMARTS) is 1. The van der Waals surface area contributed by atoms with E-state index in [-0.39, 0.29) is 0 Å². The topological polar surface area (TPSA) is 68.2 Å². The van der Waals surface area contributed by atoms with Crippen LogP contribution < -0.4 is 9.47 Å². The van der Waals surface area contributed by atoms with Gasteiger partial charge >= 0.3 is 12.1 Å². The number of aliphatic carboxylic acids is 1. The number of fused-ring (bicyclic) bond motifs is 2. The fourth-order valence-corrected chi connectivity index (χ4v) is 3.71. The van der Waals surface area contributed by atoms with Crippen LogP contribution in [0.2, 0.25) is 0 Å². The Morgan fingerprint density at radius 2 is 2.00 bits per heavy atom. The molecule has 2 fully saturated rings. The predicted molar refractivity (Wildman–Crippen MR) is 88.6 cm³/mol. The van der Waals surface area contributed by atoms with Gasteiger partial charge in [0.25, 0.3) is 0 Å². The zero-order valence-corrected chi connectivity index (χ0v) is 14.9. The summed E-state index contributed by atoms with van der Waals surface area (Å²) in [5.41, 5.74) is 1.31. The molecule has 3 aliphatic heterocycles. The molecular formula is C18H22F3NO5. The molecule has 3 atom stereocenters. The van der Waals surface area contributed by atoms with E-state index >= 15 is 0 Å². The summed E-state index contributed by atoms with van der Waals surface area (Å²) in [5, 5.41) is 7.12. The first-order valence-corrected chi connectivity index (χ1v) is 8.79. The molecular weight excluding hydrogens is 367 g/mol. The number of carbonyl (C=O) groups is 1. The molecule has 9 heteroatoms. The van der Waals surface area contributed by atoms with Crippen LogP contribution in [0.3, 0.4) is 0 Å². The van der Waals surface area contributed by atoms with E-state index in [4.69, 9.17) is 24.1 Å². The fourth-order valence-electron chi connectivity index (χ4n) is 3.71. The second kappa shape index (κ2) is 7.93. The highest BCUT2D eigenvalue weighted by Gasteiger charge is 2.38. The first-order chi connectivity index (χ1) is 12.7. The summed E-state index contributed by atoms with van der Waals surface area (Å²) in [4.78, 5) is 11.4. The third-order valence-electron chi connectivity index (χ3n) is 4.88. The minimum Gasteiger partial charge on any atom is -0.475 e. The average molecular weight is 389 g/mol. The van der Waals surface area contributed by atoms with Gasteiger partial charge in [-0.15, -0.1) is 0 Å². The molecule has 0 saturated carbocycles. The first-order valence-electron chi connectivity index (χ1n) is 8.79. The van der Waals surface area contributed by atoms with Gasteiger partial charge < -0.3 is 19.3 Å². The van der Waals surface area contributed by atoms with Gasteiger partial charge in [-0.1, -0.05) is 6.07 Å². The SMILES string of the molecule is C[C@H]1C[C@H]2CN(Cc3ccc4c(c3)OCO4)CC[C@H]2O1.O=C(O)C(F)(F)F. The number of piperidine rings is 1. The number of alkyl halides is 3. The number of carboxylic acids is 1. The van der Waals surface area contributed by atoms with E-state index in [2.05, 4.69) is 24.0 Å². The Bertz CT molecular complexity index is 681. The molecule has 4 rings (SSSR count). The van der Waals surface area contributed by atoms with Crippen molar-refractivity contribution in [1.82, 2.24) is 4.90 Å². The summed E-state index contributed by atoms with van der Waals surface area (Å²) in [6.45, 7) is 5.82. The molecule has 0 bridgehead atoms. The Hall–Kier alpha value is -2.00. The van der Waals surface area contributed by atoms with Crippen molar-refractivity contribution >= 4 is 5.97 Å². The smallest absolute Gasteiger partial charge is 0.475 e. The van der Waals surface area contributed by atoms with Crippen molar-refractivity contribution in [2.45, 2.75) is 44.7 Å². The van der Waals surface area contributed by atoms with Crippen molar-refractivity contribution in [2.24, 2.45) is 5.92 Å². The lowest BCUT2D eigenvalue weighted by molar-refractivity contribution is -0.192. The van der Waals surface area contributed by atoms with Gasteiger partial charge in [0.1, 0.15) is 0 Å². The van der Waals surface area contributed by atoms with Gasteiger partial charge in [0.2, 0.25) is 6.79 Å². The second-order valence-electron chi connectivity index (χ2n) is 7.00. The maximum atomic E-state index is 10.6. The molecule has 1 aromatic carbocycles. The monoisotopic (exact) mass is 389 g/mol. The molecule has 27 heavy (non-hydrogen) atoms. The third kappa shape index (κ3) is 5.04. The molecule has 150 valence electrons. The molecule has 0 amide bonds. The van der Waals surface area contributed by atoms with Crippen LogP contribution in [-0.4, -0.2) is 54.2 Å². The van der Waals surface area contributed by atoms with Gasteiger partial charge in [0, 0.05) is 25.6 Å². The number of benzene rings is 1. The van der Waals surface area contributed by atoms with Crippen LogP contribution in [0.5, 0.6) is 11.5 Å². The zero-order chi connectivity index (χ0) is 19.6. The van der Waals surface area contributed by atoms with Crippen LogP contribution in [0.15, 0.2) is 18.2 Å². The molecule has 6 nitrogen and oxygen atoms in total. The Morgan fingerprint density at radius 1 is 1.30 bits per heavy atom. The van der Waals surface area contributed by atoms with Crippen molar-refractivity contribution in [3.05, 3.63) is 23.8 Å². The van der Waals surface area contributed by atoms with Crippen LogP contribution in [0.4, 0.5) is 13.2 Å². The van der Waals surface area contributed by atoms with E-state index in [0.717, 1.165) is 31.1 Å². The lowest BCUT2D eigenvalue weighted by atomic mass is 9.93. The van der Waals surface area contributed by atoms with E-state index in [9.17, 15) is 13.2 Å². The maximum absolute atomic E-state index is 10.6. The van der Waals surface area contributed by atoms with E-state index < -0.39 is 12.1 Å². The van der Waals surface area contributed by atoms with Crippen LogP contribution >= 0.6 is 0 Å². The van der Waals surface area contributed by atoms with Crippen LogP contribution in [0, 0.1) is 5.92 Å².